The van der Waals surface area contributed by atoms with Crippen LogP contribution in [0, 0.1) is 27.7 Å². The number of amides is 1. The van der Waals surface area contributed by atoms with Gasteiger partial charge in [-0.25, -0.2) is 0 Å². The van der Waals surface area contributed by atoms with Crippen LogP contribution in [0.1, 0.15) is 52.3 Å². The van der Waals surface area contributed by atoms with E-state index < -0.39 is 0 Å². The molecule has 2 aromatic heterocycles. The Morgan fingerprint density at radius 2 is 1.85 bits per heavy atom. The van der Waals surface area contributed by atoms with Crippen LogP contribution in [0.4, 0.5) is 5.69 Å². The minimum atomic E-state index is -0.195. The highest BCUT2D eigenvalue weighted by molar-refractivity contribution is 7.80. The number of nitrogens with one attached hydrogen (secondary N) is 2. The molecule has 1 fully saturated rings. The molecule has 1 aliphatic heterocycles. The van der Waals surface area contributed by atoms with Crippen LogP contribution in [-0.4, -0.2) is 32.0 Å². The average molecular weight is 593 g/mol. The first kappa shape index (κ1) is 28.1. The zero-order valence-electron chi connectivity index (χ0n) is 22.8. The van der Waals surface area contributed by atoms with E-state index in [1.54, 1.807) is 12.3 Å². The van der Waals surface area contributed by atoms with Crippen LogP contribution in [0.3, 0.4) is 0 Å². The van der Waals surface area contributed by atoms with Gasteiger partial charge < -0.3 is 20.1 Å². The Kier molecular flexibility index (Phi) is 8.17. The molecule has 1 aliphatic rings. The molecule has 2 N–H and O–H groups in total. The van der Waals surface area contributed by atoms with Crippen LogP contribution in [0.25, 0.3) is 5.69 Å². The lowest BCUT2D eigenvalue weighted by Crippen LogP contribution is -2.33. The molecule has 2 atom stereocenters. The third kappa shape index (κ3) is 5.46. The van der Waals surface area contributed by atoms with Crippen LogP contribution >= 0.6 is 35.4 Å². The molecular formula is C31H31Cl2N5OS. The quantitative estimate of drug-likeness (QED) is 0.219. The molecular weight excluding hydrogens is 561 g/mol. The molecule has 0 spiro atoms. The third-order valence-corrected chi connectivity index (χ3v) is 8.57. The zero-order valence-corrected chi connectivity index (χ0v) is 25.2. The molecule has 0 radical (unpaired) electrons. The fraction of sp³-hybridized carbons (Fsp3) is 0.258. The number of anilines is 1. The van der Waals surface area contributed by atoms with Crippen molar-refractivity contribution in [3.8, 4) is 5.69 Å². The highest BCUT2D eigenvalue weighted by Crippen LogP contribution is 2.42. The summed E-state index contributed by atoms with van der Waals surface area (Å²) in [6.45, 7) is 8.56. The number of carbonyl (C=O) groups is 1. The summed E-state index contributed by atoms with van der Waals surface area (Å²) >= 11 is 18.8. The van der Waals surface area contributed by atoms with E-state index >= 15 is 0 Å². The summed E-state index contributed by atoms with van der Waals surface area (Å²) in [4.78, 5) is 19.8. The minimum Gasteiger partial charge on any atom is -0.352 e. The summed E-state index contributed by atoms with van der Waals surface area (Å²) in [6, 6.07) is 19.3. The van der Waals surface area contributed by atoms with Crippen molar-refractivity contribution >= 4 is 52.1 Å². The molecule has 0 bridgehead atoms. The number of rotatable bonds is 7. The number of aromatic nitrogens is 2. The van der Waals surface area contributed by atoms with Gasteiger partial charge in [0.15, 0.2) is 5.11 Å². The lowest BCUT2D eigenvalue weighted by molar-refractivity contribution is -0.116. The molecule has 3 heterocycles. The van der Waals surface area contributed by atoms with Crippen molar-refractivity contribution in [1.82, 2.24) is 19.8 Å². The Balaban J connectivity index is 1.49. The maximum absolute atomic E-state index is 13.1. The van der Waals surface area contributed by atoms with Gasteiger partial charge in [0.05, 0.1) is 33.5 Å². The first-order valence-corrected chi connectivity index (χ1v) is 14.3. The van der Waals surface area contributed by atoms with E-state index in [1.807, 2.05) is 69.3 Å². The molecule has 9 heteroatoms. The van der Waals surface area contributed by atoms with Crippen LogP contribution < -0.4 is 10.6 Å². The lowest BCUT2D eigenvalue weighted by Gasteiger charge is -2.28. The second-order valence-electron chi connectivity index (χ2n) is 10.2. The summed E-state index contributed by atoms with van der Waals surface area (Å²) in [6.07, 6.45) is 2.06. The summed E-state index contributed by atoms with van der Waals surface area (Å²) in [5, 5.41) is 8.14. The SMILES string of the molecule is Cc1ccc(C)c(NC(=O)CCN2C(=S)N[C@H](c3ccccn3)[C@@H]2c2cc(C)n(-c3cccc(Cl)c3Cl)c2C)c1. The number of carbonyl (C=O) groups excluding carboxylic acids is 1. The van der Waals surface area contributed by atoms with Crippen molar-refractivity contribution in [2.45, 2.75) is 46.2 Å². The van der Waals surface area contributed by atoms with E-state index in [9.17, 15) is 4.79 Å². The van der Waals surface area contributed by atoms with Crippen molar-refractivity contribution < 1.29 is 4.79 Å². The standard InChI is InChI=1S/C31H31Cl2N5OS/c1-18-11-12-19(2)25(16-18)35-27(39)13-15-37-30(29(36-31(37)40)24-9-5-6-14-34-24)22-17-20(3)38(21(22)4)26-10-7-8-23(32)28(26)33/h5-12,14,16-17,29-30H,13,15H2,1-4H3,(H,35,39)(H,36,40)/t29-,30+/m1/s1. The topological polar surface area (TPSA) is 62.2 Å². The predicted molar refractivity (Wildman–Crippen MR) is 167 cm³/mol. The second-order valence-corrected chi connectivity index (χ2v) is 11.3. The van der Waals surface area contributed by atoms with Gasteiger partial charge in [0.25, 0.3) is 0 Å². The maximum Gasteiger partial charge on any atom is 0.226 e. The number of nitrogens with zero attached hydrogens (tertiary/aromatic N) is 3. The second kappa shape index (κ2) is 11.6. The maximum atomic E-state index is 13.1. The summed E-state index contributed by atoms with van der Waals surface area (Å²) in [7, 11) is 0. The van der Waals surface area contributed by atoms with E-state index in [0.717, 1.165) is 45.1 Å². The highest BCUT2D eigenvalue weighted by Gasteiger charge is 2.41. The number of pyridine rings is 1. The Labute approximate surface area is 250 Å². The van der Waals surface area contributed by atoms with Gasteiger partial charge in [0.2, 0.25) is 5.91 Å². The van der Waals surface area contributed by atoms with Crippen LogP contribution in [0.15, 0.2) is 66.9 Å². The zero-order chi connectivity index (χ0) is 28.6. The molecule has 0 saturated carbocycles. The summed E-state index contributed by atoms with van der Waals surface area (Å²) in [5.74, 6) is -0.0623. The lowest BCUT2D eigenvalue weighted by atomic mass is 9.96. The van der Waals surface area contributed by atoms with Crippen LogP contribution in [-0.2, 0) is 4.79 Å². The van der Waals surface area contributed by atoms with Gasteiger partial charge in [-0.2, -0.15) is 0 Å². The fourth-order valence-corrected chi connectivity index (χ4v) is 6.12. The molecule has 2 aromatic carbocycles. The van der Waals surface area contributed by atoms with E-state index in [2.05, 4.69) is 38.1 Å². The van der Waals surface area contributed by atoms with Crippen LogP contribution in [0.2, 0.25) is 10.0 Å². The first-order valence-electron chi connectivity index (χ1n) is 13.1. The number of hydrogen-bond donors (Lipinski definition) is 2. The van der Waals surface area contributed by atoms with Gasteiger partial charge in [-0.1, -0.05) is 47.5 Å². The number of halogens is 2. The van der Waals surface area contributed by atoms with Gasteiger partial charge >= 0.3 is 0 Å². The molecule has 0 unspecified atom stereocenters. The molecule has 1 amide bonds. The molecule has 40 heavy (non-hydrogen) atoms. The Hall–Kier alpha value is -3.39. The summed E-state index contributed by atoms with van der Waals surface area (Å²) < 4.78 is 2.12. The summed E-state index contributed by atoms with van der Waals surface area (Å²) in [5.41, 5.74) is 7.76. The van der Waals surface area contributed by atoms with Crippen molar-refractivity contribution in [1.29, 1.82) is 0 Å². The van der Waals surface area contributed by atoms with E-state index in [4.69, 9.17) is 35.4 Å². The minimum absolute atomic E-state index is 0.0623. The highest BCUT2D eigenvalue weighted by atomic mass is 35.5. The normalized spacial score (nSPS) is 16.8. The van der Waals surface area contributed by atoms with Gasteiger partial charge in [-0.05, 0) is 93.0 Å². The molecule has 4 aromatic rings. The van der Waals surface area contributed by atoms with E-state index in [0.29, 0.717) is 21.7 Å². The smallest absolute Gasteiger partial charge is 0.226 e. The Morgan fingerprint density at radius 3 is 2.60 bits per heavy atom. The largest absolute Gasteiger partial charge is 0.352 e. The number of hydrogen-bond acceptors (Lipinski definition) is 3. The van der Waals surface area contributed by atoms with Crippen molar-refractivity contribution in [2.24, 2.45) is 0 Å². The Morgan fingerprint density at radius 1 is 1.05 bits per heavy atom. The molecule has 1 saturated heterocycles. The van der Waals surface area contributed by atoms with Crippen molar-refractivity contribution in [2.75, 3.05) is 11.9 Å². The first-order chi connectivity index (χ1) is 19.2. The van der Waals surface area contributed by atoms with Crippen molar-refractivity contribution in [3.63, 3.8) is 0 Å². The number of benzene rings is 2. The fourth-order valence-electron chi connectivity index (χ4n) is 5.41. The predicted octanol–water partition coefficient (Wildman–Crippen LogP) is 7.41. The third-order valence-electron chi connectivity index (χ3n) is 7.41. The van der Waals surface area contributed by atoms with Gasteiger partial charge in [0.1, 0.15) is 0 Å². The molecule has 0 aliphatic carbocycles. The molecule has 6 nitrogen and oxygen atoms in total. The van der Waals surface area contributed by atoms with E-state index in [-0.39, 0.29) is 24.4 Å². The van der Waals surface area contributed by atoms with Gasteiger partial charge in [-0.3, -0.25) is 9.78 Å². The average Bonchev–Trinajstić information content (AvgIpc) is 3.41. The van der Waals surface area contributed by atoms with Gasteiger partial charge in [-0.15, -0.1) is 0 Å². The van der Waals surface area contributed by atoms with Gasteiger partial charge in [0, 0.05) is 36.2 Å². The van der Waals surface area contributed by atoms with Crippen molar-refractivity contribution in [3.05, 3.63) is 111 Å². The number of thiocarbonyl (C=S) groups is 1. The van der Waals surface area contributed by atoms with E-state index in [1.165, 1.54) is 0 Å². The molecule has 5 rings (SSSR count). The monoisotopic (exact) mass is 591 g/mol. The molecule has 206 valence electrons. The number of aryl methyl sites for hydroxylation is 3. The Bertz CT molecular complexity index is 1590. The van der Waals surface area contributed by atoms with Crippen LogP contribution in [0.5, 0.6) is 0 Å².